The Balaban J connectivity index is 1.30. The van der Waals surface area contributed by atoms with E-state index >= 15 is 0 Å². The maximum atomic E-state index is 12.6. The van der Waals surface area contributed by atoms with Gasteiger partial charge in [0, 0.05) is 38.0 Å². The number of rotatable bonds is 4. The van der Waals surface area contributed by atoms with E-state index in [-0.39, 0.29) is 11.8 Å². The lowest BCUT2D eigenvalue weighted by Gasteiger charge is -2.40. The molecule has 3 heterocycles. The van der Waals surface area contributed by atoms with Gasteiger partial charge < -0.3 is 19.5 Å². The molecule has 4 rings (SSSR count). The molecule has 1 N–H and O–H groups in total. The number of aromatic nitrogens is 2. The van der Waals surface area contributed by atoms with Crippen molar-refractivity contribution in [2.24, 2.45) is 0 Å². The van der Waals surface area contributed by atoms with E-state index in [0.717, 1.165) is 11.1 Å². The maximum absolute atomic E-state index is 12.6. The highest BCUT2D eigenvalue weighted by molar-refractivity contribution is 5.78. The number of benzene rings is 1. The van der Waals surface area contributed by atoms with Crippen molar-refractivity contribution in [2.75, 3.05) is 26.2 Å². The van der Waals surface area contributed by atoms with Crippen molar-refractivity contribution in [3.05, 3.63) is 35.7 Å². The number of nitrogens with one attached hydrogen (secondary N) is 1. The molecular weight excluding hydrogens is 372 g/mol. The molecule has 2 aromatic rings. The molecular formula is C21H26N4O4. The second-order valence-corrected chi connectivity index (χ2v) is 7.77. The number of hydrogen-bond donors (Lipinski definition) is 1. The van der Waals surface area contributed by atoms with Crippen LogP contribution in [0.2, 0.25) is 0 Å². The molecule has 0 unspecified atom stereocenters. The van der Waals surface area contributed by atoms with Crippen molar-refractivity contribution in [1.82, 2.24) is 20.4 Å². The van der Waals surface area contributed by atoms with Gasteiger partial charge in [0.05, 0.1) is 18.6 Å². The molecule has 2 amide bonds. The Bertz CT molecular complexity index is 886. The van der Waals surface area contributed by atoms with E-state index in [1.54, 1.807) is 0 Å². The monoisotopic (exact) mass is 398 g/mol. The van der Waals surface area contributed by atoms with Crippen molar-refractivity contribution in [2.45, 2.75) is 44.6 Å². The smallest absolute Gasteiger partial charge is 0.227 e. The maximum Gasteiger partial charge on any atom is 0.227 e. The Morgan fingerprint density at radius 3 is 2.86 bits per heavy atom. The van der Waals surface area contributed by atoms with E-state index in [1.165, 1.54) is 0 Å². The quantitative estimate of drug-likeness (QED) is 0.845. The van der Waals surface area contributed by atoms with Crippen molar-refractivity contribution in [3.8, 4) is 11.4 Å². The van der Waals surface area contributed by atoms with E-state index in [0.29, 0.717) is 70.1 Å². The van der Waals surface area contributed by atoms with Crippen LogP contribution in [0.3, 0.4) is 0 Å². The zero-order valence-corrected chi connectivity index (χ0v) is 16.6. The molecule has 0 radical (unpaired) electrons. The first-order valence-corrected chi connectivity index (χ1v) is 10.1. The van der Waals surface area contributed by atoms with Gasteiger partial charge >= 0.3 is 0 Å². The van der Waals surface area contributed by atoms with Crippen LogP contribution in [0.5, 0.6) is 0 Å². The Morgan fingerprint density at radius 1 is 1.28 bits per heavy atom. The highest BCUT2D eigenvalue weighted by Crippen LogP contribution is 2.31. The van der Waals surface area contributed by atoms with Crippen LogP contribution in [-0.2, 0) is 20.7 Å². The lowest BCUT2D eigenvalue weighted by molar-refractivity contribution is -0.140. The van der Waals surface area contributed by atoms with Crippen LogP contribution in [0, 0.1) is 6.92 Å². The molecule has 1 aromatic heterocycles. The number of amides is 2. The van der Waals surface area contributed by atoms with Gasteiger partial charge in [-0.15, -0.1) is 0 Å². The molecule has 1 spiro atoms. The molecule has 29 heavy (non-hydrogen) atoms. The first-order valence-electron chi connectivity index (χ1n) is 10.1. The van der Waals surface area contributed by atoms with Crippen molar-refractivity contribution in [1.29, 1.82) is 0 Å². The molecule has 0 atom stereocenters. The van der Waals surface area contributed by atoms with Gasteiger partial charge in [-0.25, -0.2) is 0 Å². The number of carbonyl (C=O) groups is 2. The second kappa shape index (κ2) is 8.32. The topological polar surface area (TPSA) is 97.6 Å². The average Bonchev–Trinajstić information content (AvgIpc) is 3.11. The van der Waals surface area contributed by atoms with Gasteiger partial charge in [0.25, 0.3) is 0 Å². The molecule has 0 bridgehead atoms. The fourth-order valence-electron chi connectivity index (χ4n) is 4.01. The Hall–Kier alpha value is -2.74. The molecule has 1 aromatic carbocycles. The fraction of sp³-hybridized carbons (Fsp3) is 0.524. The molecule has 0 aliphatic carbocycles. The lowest BCUT2D eigenvalue weighted by Crippen LogP contribution is -2.49. The molecule has 2 aliphatic rings. The number of likely N-dealkylation sites (tertiary alicyclic amines) is 1. The summed E-state index contributed by atoms with van der Waals surface area (Å²) in [7, 11) is 0. The minimum atomic E-state index is -0.424. The van der Waals surface area contributed by atoms with Crippen LogP contribution in [0.4, 0.5) is 0 Å². The molecule has 0 saturated carbocycles. The summed E-state index contributed by atoms with van der Waals surface area (Å²) in [4.78, 5) is 30.8. The van der Waals surface area contributed by atoms with Gasteiger partial charge in [-0.1, -0.05) is 29.4 Å². The fourth-order valence-corrected chi connectivity index (χ4v) is 4.01. The molecule has 154 valence electrons. The third-order valence-corrected chi connectivity index (χ3v) is 5.75. The van der Waals surface area contributed by atoms with E-state index < -0.39 is 5.60 Å². The van der Waals surface area contributed by atoms with Gasteiger partial charge in [-0.05, 0) is 25.3 Å². The summed E-state index contributed by atoms with van der Waals surface area (Å²) < 4.78 is 11.3. The van der Waals surface area contributed by atoms with Crippen LogP contribution >= 0.6 is 0 Å². The molecule has 2 fully saturated rings. The predicted octanol–water partition coefficient (Wildman–Crippen LogP) is 1.88. The Kier molecular flexibility index (Phi) is 5.62. The third kappa shape index (κ3) is 4.48. The first-order chi connectivity index (χ1) is 14.0. The van der Waals surface area contributed by atoms with Gasteiger partial charge in [-0.2, -0.15) is 4.98 Å². The van der Waals surface area contributed by atoms with E-state index in [4.69, 9.17) is 9.26 Å². The summed E-state index contributed by atoms with van der Waals surface area (Å²) in [6, 6.07) is 7.86. The van der Waals surface area contributed by atoms with Crippen LogP contribution in [0.15, 0.2) is 28.8 Å². The average molecular weight is 398 g/mol. The summed E-state index contributed by atoms with van der Waals surface area (Å²) in [5, 5.41) is 6.88. The van der Waals surface area contributed by atoms with Gasteiger partial charge in [0.2, 0.25) is 23.5 Å². The van der Waals surface area contributed by atoms with Gasteiger partial charge in [0.1, 0.15) is 0 Å². The van der Waals surface area contributed by atoms with E-state index in [2.05, 4.69) is 15.5 Å². The van der Waals surface area contributed by atoms with Gasteiger partial charge in [-0.3, -0.25) is 9.59 Å². The van der Waals surface area contributed by atoms with Gasteiger partial charge in [0.15, 0.2) is 0 Å². The largest absolute Gasteiger partial charge is 0.372 e. The third-order valence-electron chi connectivity index (χ3n) is 5.75. The van der Waals surface area contributed by atoms with Crippen LogP contribution < -0.4 is 5.32 Å². The van der Waals surface area contributed by atoms with Crippen molar-refractivity contribution in [3.63, 3.8) is 0 Å². The number of hydrogen-bond acceptors (Lipinski definition) is 6. The van der Waals surface area contributed by atoms with Crippen LogP contribution in [-0.4, -0.2) is 58.7 Å². The standard InChI is InChI=1S/C21H26N4O4/c1-15-4-2-3-5-16(15)20-23-18(29-24-20)6-7-19(27)25-11-8-21(9-12-25)14-17(26)22-10-13-28-21/h2-5H,6-14H2,1H3,(H,22,26). The van der Waals surface area contributed by atoms with Crippen molar-refractivity contribution < 1.29 is 18.8 Å². The first kappa shape index (κ1) is 19.6. The van der Waals surface area contributed by atoms with Crippen molar-refractivity contribution >= 4 is 11.8 Å². The van der Waals surface area contributed by atoms with E-state index in [9.17, 15) is 9.59 Å². The minimum Gasteiger partial charge on any atom is -0.372 e. The minimum absolute atomic E-state index is 0.0307. The molecule has 2 saturated heterocycles. The Labute approximate surface area is 169 Å². The SMILES string of the molecule is Cc1ccccc1-c1noc(CCC(=O)N2CCC3(CC2)CC(=O)NCCO3)n1. The number of ether oxygens (including phenoxy) is 1. The molecule has 8 nitrogen and oxygen atoms in total. The summed E-state index contributed by atoms with van der Waals surface area (Å²) in [6.07, 6.45) is 2.48. The summed E-state index contributed by atoms with van der Waals surface area (Å²) in [5.41, 5.74) is 1.59. The highest BCUT2D eigenvalue weighted by Gasteiger charge is 2.39. The highest BCUT2D eigenvalue weighted by atomic mass is 16.5. The summed E-state index contributed by atoms with van der Waals surface area (Å²) >= 11 is 0. The van der Waals surface area contributed by atoms with Crippen LogP contribution in [0.25, 0.3) is 11.4 Å². The summed E-state index contributed by atoms with van der Waals surface area (Å²) in [5.74, 6) is 1.11. The second-order valence-electron chi connectivity index (χ2n) is 7.77. The number of nitrogens with zero attached hydrogens (tertiary/aromatic N) is 3. The number of aryl methyl sites for hydroxylation is 2. The van der Waals surface area contributed by atoms with Crippen LogP contribution in [0.1, 0.15) is 37.1 Å². The molecule has 8 heteroatoms. The zero-order valence-electron chi connectivity index (χ0n) is 16.6. The Morgan fingerprint density at radius 2 is 2.07 bits per heavy atom. The lowest BCUT2D eigenvalue weighted by atomic mass is 9.87. The normalized spacial score (nSPS) is 19.1. The van der Waals surface area contributed by atoms with E-state index in [1.807, 2.05) is 36.1 Å². The predicted molar refractivity (Wildman–Crippen MR) is 105 cm³/mol. The zero-order chi connectivity index (χ0) is 20.3. The molecule has 2 aliphatic heterocycles. The number of carbonyl (C=O) groups excluding carboxylic acids is 2. The summed E-state index contributed by atoms with van der Waals surface area (Å²) in [6.45, 7) is 4.28. The number of piperidine rings is 1.